The van der Waals surface area contributed by atoms with Crippen LogP contribution < -0.4 is 9.62 Å². The van der Waals surface area contributed by atoms with Crippen molar-refractivity contribution in [2.75, 3.05) is 16.2 Å². The van der Waals surface area contributed by atoms with E-state index in [1.807, 2.05) is 38.1 Å². The topological polar surface area (TPSA) is 95.2 Å². The van der Waals surface area contributed by atoms with Crippen molar-refractivity contribution in [1.82, 2.24) is 10.2 Å². The zero-order valence-electron chi connectivity index (χ0n) is 17.2. The summed E-state index contributed by atoms with van der Waals surface area (Å²) in [6.45, 7) is 6.71. The number of carbonyl (C=O) groups excluding carboxylic acids is 1. The number of aromatic nitrogens is 2. The number of H-pyrrole nitrogens is 1. The van der Waals surface area contributed by atoms with E-state index in [-0.39, 0.29) is 11.4 Å². The molecule has 0 aliphatic heterocycles. The summed E-state index contributed by atoms with van der Waals surface area (Å²) in [4.78, 5) is 12.9. The molecule has 9 heteroatoms. The van der Waals surface area contributed by atoms with Gasteiger partial charge in [0.25, 0.3) is 10.0 Å². The third-order valence-electron chi connectivity index (χ3n) is 4.66. The molecule has 2 N–H and O–H groups in total. The maximum Gasteiger partial charge on any atom is 0.268 e. The molecular weight excluding hydrogens is 468 g/mol. The van der Waals surface area contributed by atoms with Gasteiger partial charge in [-0.2, -0.15) is 5.10 Å². The summed E-state index contributed by atoms with van der Waals surface area (Å²) in [6.07, 6.45) is 0. The van der Waals surface area contributed by atoms with Gasteiger partial charge >= 0.3 is 0 Å². The number of benzene rings is 2. The van der Waals surface area contributed by atoms with E-state index in [1.165, 1.54) is 0 Å². The van der Waals surface area contributed by atoms with Crippen molar-refractivity contribution in [3.05, 3.63) is 69.5 Å². The molecular formula is C21H23BrN4O3S. The first-order valence-electron chi connectivity index (χ1n) is 9.26. The van der Waals surface area contributed by atoms with Crippen molar-refractivity contribution in [1.29, 1.82) is 0 Å². The maximum atomic E-state index is 13.5. The summed E-state index contributed by atoms with van der Waals surface area (Å²) in [5.41, 5.74) is 3.73. The van der Waals surface area contributed by atoms with E-state index < -0.39 is 15.9 Å². The maximum absolute atomic E-state index is 13.5. The molecule has 0 bridgehead atoms. The number of carbonyl (C=O) groups is 1. The Morgan fingerprint density at radius 2 is 1.77 bits per heavy atom. The number of nitrogens with zero attached hydrogens (tertiary/aromatic N) is 2. The first-order chi connectivity index (χ1) is 14.1. The molecule has 158 valence electrons. The molecule has 1 heterocycles. The van der Waals surface area contributed by atoms with Crippen molar-refractivity contribution < 1.29 is 13.2 Å². The summed E-state index contributed by atoms with van der Waals surface area (Å²) in [6, 6.07) is 12.4. The molecule has 0 aliphatic rings. The average Bonchev–Trinajstić information content (AvgIpc) is 3.02. The number of hydrogen-bond donors (Lipinski definition) is 2. The zero-order valence-corrected chi connectivity index (χ0v) is 19.6. The Kier molecular flexibility index (Phi) is 6.33. The Hall–Kier alpha value is -2.65. The number of rotatable bonds is 6. The predicted octanol–water partition coefficient (Wildman–Crippen LogP) is 4.24. The number of amides is 1. The summed E-state index contributed by atoms with van der Waals surface area (Å²) >= 11 is 3.42. The van der Waals surface area contributed by atoms with Crippen LogP contribution >= 0.6 is 15.9 Å². The number of anilines is 2. The lowest BCUT2D eigenvalue weighted by Gasteiger charge is -2.24. The molecule has 0 atom stereocenters. The van der Waals surface area contributed by atoms with Crippen molar-refractivity contribution in [3.8, 4) is 0 Å². The molecule has 0 fully saturated rings. The Morgan fingerprint density at radius 3 is 2.33 bits per heavy atom. The number of hydrogen-bond acceptors (Lipinski definition) is 4. The fourth-order valence-electron chi connectivity index (χ4n) is 3.11. The van der Waals surface area contributed by atoms with E-state index >= 15 is 0 Å². The van der Waals surface area contributed by atoms with Crippen LogP contribution in [0.25, 0.3) is 0 Å². The minimum Gasteiger partial charge on any atom is -0.325 e. The van der Waals surface area contributed by atoms with Crippen LogP contribution in [0.4, 0.5) is 11.4 Å². The van der Waals surface area contributed by atoms with Crippen molar-refractivity contribution >= 4 is 43.2 Å². The van der Waals surface area contributed by atoms with Crippen molar-refractivity contribution in [3.63, 3.8) is 0 Å². The summed E-state index contributed by atoms with van der Waals surface area (Å²) in [5, 5.41) is 9.48. The molecule has 0 saturated heterocycles. The normalized spacial score (nSPS) is 11.4. The Morgan fingerprint density at radius 1 is 1.10 bits per heavy atom. The summed E-state index contributed by atoms with van der Waals surface area (Å²) in [7, 11) is -4.02. The van der Waals surface area contributed by atoms with Crippen molar-refractivity contribution in [2.45, 2.75) is 32.6 Å². The van der Waals surface area contributed by atoms with Gasteiger partial charge in [0, 0.05) is 10.2 Å². The Labute approximate surface area is 184 Å². The molecule has 1 aromatic heterocycles. The van der Waals surface area contributed by atoms with Gasteiger partial charge in [-0.3, -0.25) is 14.2 Å². The summed E-state index contributed by atoms with van der Waals surface area (Å²) < 4.78 is 29.0. The molecule has 3 aromatic rings. The predicted molar refractivity (Wildman–Crippen MR) is 121 cm³/mol. The first-order valence-corrected chi connectivity index (χ1v) is 11.5. The van der Waals surface area contributed by atoms with Crippen LogP contribution in [-0.4, -0.2) is 31.1 Å². The quantitative estimate of drug-likeness (QED) is 0.539. The molecule has 0 spiro atoms. The zero-order chi connectivity index (χ0) is 22.1. The SMILES string of the molecule is Cc1ccc(N(CC(=O)Nc2ccc(Br)c(C)c2)S(=O)(=O)c2c(C)n[nH]c2C)cc1. The molecule has 30 heavy (non-hydrogen) atoms. The molecule has 1 amide bonds. The highest BCUT2D eigenvalue weighted by molar-refractivity contribution is 9.10. The van der Waals surface area contributed by atoms with E-state index in [9.17, 15) is 13.2 Å². The second-order valence-corrected chi connectivity index (χ2v) is 9.78. The second-order valence-electron chi connectivity index (χ2n) is 7.12. The largest absolute Gasteiger partial charge is 0.325 e. The van der Waals surface area contributed by atoms with Crippen LogP contribution in [-0.2, 0) is 14.8 Å². The van der Waals surface area contributed by atoms with Gasteiger partial charge in [0.1, 0.15) is 11.4 Å². The summed E-state index contributed by atoms with van der Waals surface area (Å²) in [5.74, 6) is -0.445. The van der Waals surface area contributed by atoms with E-state index in [0.717, 1.165) is 19.9 Å². The van der Waals surface area contributed by atoms with Gasteiger partial charge in [-0.15, -0.1) is 0 Å². The van der Waals surface area contributed by atoms with Crippen molar-refractivity contribution in [2.24, 2.45) is 0 Å². The highest BCUT2D eigenvalue weighted by Gasteiger charge is 2.31. The minimum atomic E-state index is -4.02. The number of nitrogens with one attached hydrogen (secondary N) is 2. The highest BCUT2D eigenvalue weighted by Crippen LogP contribution is 2.27. The molecule has 7 nitrogen and oxygen atoms in total. The molecule has 0 radical (unpaired) electrons. The van der Waals surface area contributed by atoms with Crippen LogP contribution in [0.15, 0.2) is 51.8 Å². The van der Waals surface area contributed by atoms with Gasteiger partial charge in [-0.1, -0.05) is 33.6 Å². The molecule has 3 rings (SSSR count). The lowest BCUT2D eigenvalue weighted by molar-refractivity contribution is -0.114. The molecule has 0 saturated carbocycles. The third kappa shape index (κ3) is 4.57. The van der Waals surface area contributed by atoms with Gasteiger partial charge in [0.05, 0.1) is 17.1 Å². The second kappa shape index (κ2) is 8.61. The lowest BCUT2D eigenvalue weighted by atomic mass is 10.2. The molecule has 0 unspecified atom stereocenters. The standard InChI is InChI=1S/C21H23BrN4O3S/c1-13-5-8-18(9-6-13)26(30(28,29)21-15(3)24-25-16(21)4)12-20(27)23-17-7-10-19(22)14(2)11-17/h5-11H,12H2,1-4H3,(H,23,27)(H,24,25). The van der Waals surface area contributed by atoms with Crippen LogP contribution in [0.2, 0.25) is 0 Å². The molecule has 2 aromatic carbocycles. The average molecular weight is 491 g/mol. The van der Waals surface area contributed by atoms with E-state index in [4.69, 9.17) is 0 Å². The third-order valence-corrected chi connectivity index (χ3v) is 7.59. The lowest BCUT2D eigenvalue weighted by Crippen LogP contribution is -2.38. The number of aryl methyl sites for hydroxylation is 4. The number of aromatic amines is 1. The van der Waals surface area contributed by atoms with Crippen LogP contribution in [0, 0.1) is 27.7 Å². The van der Waals surface area contributed by atoms with E-state index in [2.05, 4.69) is 31.4 Å². The van der Waals surface area contributed by atoms with Gasteiger partial charge in [0.15, 0.2) is 0 Å². The van der Waals surface area contributed by atoms with Gasteiger partial charge in [-0.25, -0.2) is 8.42 Å². The molecule has 0 aliphatic carbocycles. The van der Waals surface area contributed by atoms with Crippen LogP contribution in [0.5, 0.6) is 0 Å². The Bertz CT molecular complexity index is 1170. The highest BCUT2D eigenvalue weighted by atomic mass is 79.9. The fraction of sp³-hybridized carbons (Fsp3) is 0.238. The van der Waals surface area contributed by atoms with Crippen LogP contribution in [0.3, 0.4) is 0 Å². The van der Waals surface area contributed by atoms with Crippen LogP contribution in [0.1, 0.15) is 22.5 Å². The van der Waals surface area contributed by atoms with E-state index in [0.29, 0.717) is 22.8 Å². The van der Waals surface area contributed by atoms with Gasteiger partial charge < -0.3 is 5.32 Å². The number of sulfonamides is 1. The number of halogens is 1. The Balaban J connectivity index is 1.96. The fourth-order valence-corrected chi connectivity index (χ4v) is 5.12. The van der Waals surface area contributed by atoms with Gasteiger partial charge in [-0.05, 0) is 63.6 Å². The first kappa shape index (κ1) is 22.0. The van der Waals surface area contributed by atoms with E-state index in [1.54, 1.807) is 32.0 Å². The van der Waals surface area contributed by atoms with Gasteiger partial charge in [0.2, 0.25) is 5.91 Å². The monoisotopic (exact) mass is 490 g/mol. The minimum absolute atomic E-state index is 0.0790. The smallest absolute Gasteiger partial charge is 0.268 e.